The van der Waals surface area contributed by atoms with Crippen LogP contribution in [0.15, 0.2) is 42.5 Å². The molecule has 0 spiro atoms. The van der Waals surface area contributed by atoms with Crippen LogP contribution in [0.5, 0.6) is 5.75 Å². The second kappa shape index (κ2) is 8.39. The van der Waals surface area contributed by atoms with Crippen molar-refractivity contribution < 1.29 is 4.74 Å². The molecule has 2 heteroatoms. The molecule has 1 atom stereocenters. The molecule has 0 radical (unpaired) electrons. The lowest BCUT2D eigenvalue weighted by molar-refractivity contribution is 0.304. The van der Waals surface area contributed by atoms with Gasteiger partial charge in [0.2, 0.25) is 0 Å². The molecule has 23 heavy (non-hydrogen) atoms. The highest BCUT2D eigenvalue weighted by molar-refractivity contribution is 5.36. The van der Waals surface area contributed by atoms with Crippen LogP contribution in [0.4, 0.5) is 0 Å². The lowest BCUT2D eigenvalue weighted by Crippen LogP contribution is -2.02. The topological polar surface area (TPSA) is 33.0 Å². The number of unbranched alkanes of at least 4 members (excludes halogenated alkanes) is 1. The maximum absolute atomic E-state index is 9.48. The lowest BCUT2D eigenvalue weighted by atomic mass is 9.90. The zero-order valence-electron chi connectivity index (χ0n) is 14.3. The number of nitrogens with zero attached hydrogens (tertiary/aromatic N) is 1. The van der Waals surface area contributed by atoms with E-state index in [4.69, 9.17) is 4.74 Å². The maximum Gasteiger partial charge on any atom is 0.119 e. The van der Waals surface area contributed by atoms with Gasteiger partial charge in [-0.25, -0.2) is 0 Å². The summed E-state index contributed by atoms with van der Waals surface area (Å²) in [7, 11) is 0. The van der Waals surface area contributed by atoms with Crippen LogP contribution in [0, 0.1) is 32.1 Å². The van der Waals surface area contributed by atoms with Gasteiger partial charge >= 0.3 is 0 Å². The molecule has 1 unspecified atom stereocenters. The Balaban J connectivity index is 1.80. The van der Waals surface area contributed by atoms with E-state index in [2.05, 4.69) is 51.1 Å². The fraction of sp³-hybridized carbons (Fsp3) is 0.381. The third-order valence-corrected chi connectivity index (χ3v) is 4.11. The van der Waals surface area contributed by atoms with Crippen molar-refractivity contribution in [2.75, 3.05) is 6.61 Å². The first kappa shape index (κ1) is 17.1. The van der Waals surface area contributed by atoms with E-state index < -0.39 is 0 Å². The zero-order valence-corrected chi connectivity index (χ0v) is 14.3. The van der Waals surface area contributed by atoms with E-state index in [0.29, 0.717) is 6.61 Å². The minimum Gasteiger partial charge on any atom is -0.494 e. The van der Waals surface area contributed by atoms with Crippen LogP contribution in [-0.4, -0.2) is 6.61 Å². The zero-order chi connectivity index (χ0) is 16.7. The standard InChI is InChI=1S/C21H25NO/c1-16-7-6-9-20(13-16)23-12-5-4-8-19(15-22)21-14-17(2)10-11-18(21)3/h6-7,9-11,13-14,19H,4-5,8,12H2,1-3H3. The molecule has 2 aromatic carbocycles. The van der Waals surface area contributed by atoms with Gasteiger partial charge < -0.3 is 4.74 Å². The summed E-state index contributed by atoms with van der Waals surface area (Å²) in [5, 5.41) is 9.48. The molecular weight excluding hydrogens is 282 g/mol. The molecule has 0 aliphatic rings. The second-order valence-electron chi connectivity index (χ2n) is 6.20. The van der Waals surface area contributed by atoms with Gasteiger partial charge in [-0.2, -0.15) is 5.26 Å². The number of rotatable bonds is 7. The van der Waals surface area contributed by atoms with Gasteiger partial charge in [0.05, 0.1) is 18.6 Å². The fourth-order valence-corrected chi connectivity index (χ4v) is 2.77. The molecule has 0 aliphatic carbocycles. The summed E-state index contributed by atoms with van der Waals surface area (Å²) in [6.07, 6.45) is 2.85. The summed E-state index contributed by atoms with van der Waals surface area (Å²) in [5.41, 5.74) is 4.81. The number of hydrogen-bond acceptors (Lipinski definition) is 2. The van der Waals surface area contributed by atoms with E-state index in [1.165, 1.54) is 22.3 Å². The molecule has 2 rings (SSSR count). The van der Waals surface area contributed by atoms with Crippen LogP contribution in [0.2, 0.25) is 0 Å². The Morgan fingerprint density at radius 2 is 1.78 bits per heavy atom. The Labute approximate surface area is 139 Å². The Kier molecular flexibility index (Phi) is 6.23. The molecular formula is C21H25NO. The molecule has 0 aromatic heterocycles. The van der Waals surface area contributed by atoms with E-state index in [1.54, 1.807) is 0 Å². The monoisotopic (exact) mass is 307 g/mol. The van der Waals surface area contributed by atoms with Crippen molar-refractivity contribution in [2.45, 2.75) is 46.0 Å². The van der Waals surface area contributed by atoms with E-state index in [1.807, 2.05) is 18.2 Å². The second-order valence-corrected chi connectivity index (χ2v) is 6.20. The Morgan fingerprint density at radius 1 is 1.00 bits per heavy atom. The summed E-state index contributed by atoms with van der Waals surface area (Å²) < 4.78 is 5.77. The van der Waals surface area contributed by atoms with Crippen molar-refractivity contribution in [1.82, 2.24) is 0 Å². The first-order valence-electron chi connectivity index (χ1n) is 8.26. The Morgan fingerprint density at radius 3 is 2.52 bits per heavy atom. The molecule has 0 saturated heterocycles. The number of hydrogen-bond donors (Lipinski definition) is 0. The van der Waals surface area contributed by atoms with Gasteiger partial charge in [-0.15, -0.1) is 0 Å². The molecule has 0 saturated carbocycles. The summed E-state index contributed by atoms with van der Waals surface area (Å²) in [6.45, 7) is 6.93. The van der Waals surface area contributed by atoms with Crippen molar-refractivity contribution in [3.63, 3.8) is 0 Å². The predicted molar refractivity (Wildman–Crippen MR) is 94.8 cm³/mol. The van der Waals surface area contributed by atoms with Gasteiger partial charge in [-0.1, -0.05) is 35.9 Å². The molecule has 2 nitrogen and oxygen atoms in total. The molecule has 0 heterocycles. The molecule has 0 amide bonds. The normalized spacial score (nSPS) is 11.7. The first-order chi connectivity index (χ1) is 11.1. The Bertz CT molecular complexity index is 684. The molecule has 0 aliphatic heterocycles. The van der Waals surface area contributed by atoms with Crippen LogP contribution in [-0.2, 0) is 0 Å². The third-order valence-electron chi connectivity index (χ3n) is 4.11. The van der Waals surface area contributed by atoms with E-state index in [-0.39, 0.29) is 5.92 Å². The lowest BCUT2D eigenvalue weighted by Gasteiger charge is -2.13. The van der Waals surface area contributed by atoms with Gasteiger partial charge in [-0.3, -0.25) is 0 Å². The average Bonchev–Trinajstić information content (AvgIpc) is 2.54. The van der Waals surface area contributed by atoms with Gasteiger partial charge in [0.1, 0.15) is 5.75 Å². The Hall–Kier alpha value is -2.27. The smallest absolute Gasteiger partial charge is 0.119 e. The maximum atomic E-state index is 9.48. The number of nitriles is 1. The summed E-state index contributed by atoms with van der Waals surface area (Å²) in [5.74, 6) is 0.908. The predicted octanol–water partition coefficient (Wildman–Crippen LogP) is 5.47. The molecule has 0 fully saturated rings. The SMILES string of the molecule is Cc1cccc(OCCCCC(C#N)c2cc(C)ccc2C)c1. The van der Waals surface area contributed by atoms with Crippen LogP contribution < -0.4 is 4.74 Å². The van der Waals surface area contributed by atoms with E-state index in [9.17, 15) is 5.26 Å². The summed E-state index contributed by atoms with van der Waals surface area (Å²) >= 11 is 0. The first-order valence-corrected chi connectivity index (χ1v) is 8.26. The number of benzene rings is 2. The van der Waals surface area contributed by atoms with Crippen LogP contribution in [0.25, 0.3) is 0 Å². The minimum absolute atomic E-state index is 0.0196. The fourth-order valence-electron chi connectivity index (χ4n) is 2.77. The van der Waals surface area contributed by atoms with Crippen LogP contribution in [0.1, 0.15) is 47.4 Å². The molecule has 2 aromatic rings. The highest BCUT2D eigenvalue weighted by Gasteiger charge is 2.13. The van der Waals surface area contributed by atoms with Crippen LogP contribution in [0.3, 0.4) is 0 Å². The van der Waals surface area contributed by atoms with E-state index >= 15 is 0 Å². The van der Waals surface area contributed by atoms with Crippen molar-refractivity contribution in [3.05, 3.63) is 64.7 Å². The van der Waals surface area contributed by atoms with Gasteiger partial charge in [-0.05, 0) is 68.9 Å². The quantitative estimate of drug-likeness (QED) is 0.636. The minimum atomic E-state index is -0.0196. The van der Waals surface area contributed by atoms with Gasteiger partial charge in [0.25, 0.3) is 0 Å². The van der Waals surface area contributed by atoms with Gasteiger partial charge in [0.15, 0.2) is 0 Å². The summed E-state index contributed by atoms with van der Waals surface area (Å²) in [4.78, 5) is 0. The van der Waals surface area contributed by atoms with Gasteiger partial charge in [0, 0.05) is 0 Å². The number of aryl methyl sites for hydroxylation is 3. The highest BCUT2D eigenvalue weighted by atomic mass is 16.5. The van der Waals surface area contributed by atoms with Crippen molar-refractivity contribution in [2.24, 2.45) is 0 Å². The summed E-state index contributed by atoms with van der Waals surface area (Å²) in [6, 6.07) is 16.9. The third kappa shape index (κ3) is 5.14. The molecule has 0 bridgehead atoms. The largest absolute Gasteiger partial charge is 0.494 e. The van der Waals surface area contributed by atoms with E-state index in [0.717, 1.165) is 25.0 Å². The highest BCUT2D eigenvalue weighted by Crippen LogP contribution is 2.25. The molecule has 120 valence electrons. The van der Waals surface area contributed by atoms with Crippen LogP contribution >= 0.6 is 0 Å². The average molecular weight is 307 g/mol. The van der Waals surface area contributed by atoms with Crippen molar-refractivity contribution in [1.29, 1.82) is 5.26 Å². The number of ether oxygens (including phenoxy) is 1. The van der Waals surface area contributed by atoms with Crippen molar-refractivity contribution >= 4 is 0 Å². The van der Waals surface area contributed by atoms with Crippen molar-refractivity contribution in [3.8, 4) is 11.8 Å². The molecule has 0 N–H and O–H groups in total.